The number of nitrogens with zero attached hydrogens (tertiary/aromatic N) is 2. The number of hydrogen-bond donors (Lipinski definition) is 0. The highest BCUT2D eigenvalue weighted by Crippen LogP contribution is 2.28. The number of carbonyl (C=O) groups excluding carboxylic acids is 1. The minimum Gasteiger partial charge on any atom is -0.295 e. The summed E-state index contributed by atoms with van der Waals surface area (Å²) in [7, 11) is -3.54. The lowest BCUT2D eigenvalue weighted by Crippen LogP contribution is -2.61. The second kappa shape index (κ2) is 6.61. The lowest BCUT2D eigenvalue weighted by atomic mass is 9.97. The van der Waals surface area contributed by atoms with Gasteiger partial charge in [-0.25, -0.2) is 8.42 Å². The van der Waals surface area contributed by atoms with Gasteiger partial charge in [-0.1, -0.05) is 36.4 Å². The van der Waals surface area contributed by atoms with Gasteiger partial charge in [0.2, 0.25) is 10.0 Å². The average molecular weight is 370 g/mol. The van der Waals surface area contributed by atoms with Crippen molar-refractivity contribution in [2.45, 2.75) is 30.8 Å². The molecule has 0 amide bonds. The topological polar surface area (TPSA) is 57.7 Å². The van der Waals surface area contributed by atoms with E-state index >= 15 is 0 Å². The van der Waals surface area contributed by atoms with Crippen LogP contribution < -0.4 is 0 Å². The van der Waals surface area contributed by atoms with Gasteiger partial charge < -0.3 is 0 Å². The van der Waals surface area contributed by atoms with E-state index in [2.05, 4.69) is 29.2 Å². The molecule has 2 aliphatic heterocycles. The van der Waals surface area contributed by atoms with Gasteiger partial charge in [-0.05, 0) is 36.6 Å². The summed E-state index contributed by atoms with van der Waals surface area (Å²) in [5.74, 6) is -0.129. The van der Waals surface area contributed by atoms with Gasteiger partial charge in [0, 0.05) is 37.8 Å². The Morgan fingerprint density at radius 2 is 1.77 bits per heavy atom. The molecule has 5 nitrogen and oxygen atoms in total. The first kappa shape index (κ1) is 17.4. The molecule has 0 bridgehead atoms. The molecule has 6 heteroatoms. The van der Waals surface area contributed by atoms with Crippen LogP contribution in [0.3, 0.4) is 0 Å². The van der Waals surface area contributed by atoms with E-state index in [4.69, 9.17) is 0 Å². The van der Waals surface area contributed by atoms with Crippen LogP contribution in [0, 0.1) is 0 Å². The number of rotatable bonds is 4. The van der Waals surface area contributed by atoms with Crippen molar-refractivity contribution in [2.24, 2.45) is 0 Å². The molecule has 0 atom stereocenters. The number of Topliss-reactive ketones (excluding diaryl/α,β-unsaturated/α-hetero) is 1. The molecule has 4 rings (SSSR count). The predicted octanol–water partition coefficient (Wildman–Crippen LogP) is 2.32. The molecule has 0 saturated carbocycles. The maximum atomic E-state index is 12.8. The second-order valence-corrected chi connectivity index (χ2v) is 8.99. The standard InChI is InChI=1S/C20H22N2O3S/c1-15(23)17-7-4-8-20(11-17)26(24,25)22-13-19(14-22)21-10-9-16-5-2-3-6-18(16)12-21/h2-8,11,19H,9-10,12-14H2,1H3. The maximum absolute atomic E-state index is 12.8. The third-order valence-corrected chi connectivity index (χ3v) is 7.21. The Morgan fingerprint density at radius 3 is 2.50 bits per heavy atom. The number of fused-ring (bicyclic) bond motifs is 1. The summed E-state index contributed by atoms with van der Waals surface area (Å²) in [5.41, 5.74) is 3.17. The van der Waals surface area contributed by atoms with Gasteiger partial charge in [0.1, 0.15) is 0 Å². The van der Waals surface area contributed by atoms with E-state index in [1.54, 1.807) is 18.2 Å². The lowest BCUT2D eigenvalue weighted by Gasteiger charge is -2.46. The Morgan fingerprint density at radius 1 is 1.04 bits per heavy atom. The fourth-order valence-electron chi connectivity index (χ4n) is 3.70. The van der Waals surface area contributed by atoms with E-state index in [1.807, 2.05) is 0 Å². The third kappa shape index (κ3) is 3.09. The molecule has 0 radical (unpaired) electrons. The fourth-order valence-corrected chi connectivity index (χ4v) is 5.26. The smallest absolute Gasteiger partial charge is 0.243 e. The Kier molecular flexibility index (Phi) is 4.42. The molecule has 1 fully saturated rings. The van der Waals surface area contributed by atoms with Crippen molar-refractivity contribution in [2.75, 3.05) is 19.6 Å². The van der Waals surface area contributed by atoms with Crippen LogP contribution in [-0.2, 0) is 23.0 Å². The largest absolute Gasteiger partial charge is 0.295 e. The second-order valence-electron chi connectivity index (χ2n) is 7.05. The van der Waals surface area contributed by atoms with Crippen molar-refractivity contribution in [3.8, 4) is 0 Å². The van der Waals surface area contributed by atoms with Crippen LogP contribution in [-0.4, -0.2) is 49.1 Å². The molecule has 2 aromatic carbocycles. The first-order chi connectivity index (χ1) is 12.4. The molecule has 0 unspecified atom stereocenters. The molecule has 0 aliphatic carbocycles. The molecule has 0 spiro atoms. The van der Waals surface area contributed by atoms with Crippen LogP contribution in [0.2, 0.25) is 0 Å². The van der Waals surface area contributed by atoms with Crippen molar-refractivity contribution in [1.29, 1.82) is 0 Å². The summed E-state index contributed by atoms with van der Waals surface area (Å²) in [6.45, 7) is 4.31. The Hall–Kier alpha value is -2.02. The van der Waals surface area contributed by atoms with Crippen molar-refractivity contribution >= 4 is 15.8 Å². The van der Waals surface area contributed by atoms with Gasteiger partial charge in [-0.3, -0.25) is 9.69 Å². The molecular formula is C20H22N2O3S. The Bertz CT molecular complexity index is 949. The molecule has 136 valence electrons. The number of ketones is 1. The number of sulfonamides is 1. The van der Waals surface area contributed by atoms with Crippen LogP contribution in [0.1, 0.15) is 28.4 Å². The minimum atomic E-state index is -3.54. The van der Waals surface area contributed by atoms with Gasteiger partial charge >= 0.3 is 0 Å². The van der Waals surface area contributed by atoms with Gasteiger partial charge in [0.25, 0.3) is 0 Å². The number of carbonyl (C=O) groups is 1. The van der Waals surface area contributed by atoms with Crippen molar-refractivity contribution in [1.82, 2.24) is 9.21 Å². The maximum Gasteiger partial charge on any atom is 0.243 e. The van der Waals surface area contributed by atoms with E-state index < -0.39 is 10.0 Å². The summed E-state index contributed by atoms with van der Waals surface area (Å²) in [4.78, 5) is 14.1. The van der Waals surface area contributed by atoms with Crippen LogP contribution in [0.25, 0.3) is 0 Å². The minimum absolute atomic E-state index is 0.129. The first-order valence-electron chi connectivity index (χ1n) is 8.87. The van der Waals surface area contributed by atoms with Crippen molar-refractivity contribution < 1.29 is 13.2 Å². The highest BCUT2D eigenvalue weighted by molar-refractivity contribution is 7.89. The molecule has 2 aliphatic rings. The van der Waals surface area contributed by atoms with Crippen LogP contribution in [0.4, 0.5) is 0 Å². The molecule has 26 heavy (non-hydrogen) atoms. The van der Waals surface area contributed by atoms with Gasteiger partial charge in [-0.15, -0.1) is 0 Å². The zero-order valence-corrected chi connectivity index (χ0v) is 15.6. The van der Waals surface area contributed by atoms with E-state index in [0.717, 1.165) is 19.5 Å². The zero-order chi connectivity index (χ0) is 18.3. The lowest BCUT2D eigenvalue weighted by molar-refractivity contribution is 0.0769. The van der Waals surface area contributed by atoms with E-state index in [9.17, 15) is 13.2 Å². The fraction of sp³-hybridized carbons (Fsp3) is 0.350. The molecule has 2 aromatic rings. The molecular weight excluding hydrogens is 348 g/mol. The Labute approximate surface area is 154 Å². The van der Waals surface area contributed by atoms with E-state index in [1.165, 1.54) is 28.4 Å². The summed E-state index contributed by atoms with van der Waals surface area (Å²) in [5, 5.41) is 0. The number of hydrogen-bond acceptors (Lipinski definition) is 4. The molecule has 0 N–H and O–H groups in total. The molecule has 2 heterocycles. The highest BCUT2D eigenvalue weighted by Gasteiger charge is 2.40. The third-order valence-electron chi connectivity index (χ3n) is 5.38. The SMILES string of the molecule is CC(=O)c1cccc(S(=O)(=O)N2CC(N3CCc4ccccc4C3)C2)c1. The van der Waals surface area contributed by atoms with Crippen molar-refractivity contribution in [3.63, 3.8) is 0 Å². The molecule has 1 saturated heterocycles. The average Bonchev–Trinajstić information content (AvgIpc) is 2.60. The summed E-state index contributed by atoms with van der Waals surface area (Å²) < 4.78 is 27.1. The molecule has 0 aromatic heterocycles. The number of benzene rings is 2. The van der Waals surface area contributed by atoms with Gasteiger partial charge in [-0.2, -0.15) is 4.31 Å². The van der Waals surface area contributed by atoms with Crippen LogP contribution in [0.15, 0.2) is 53.4 Å². The van der Waals surface area contributed by atoms with Gasteiger partial charge in [0.05, 0.1) is 4.90 Å². The first-order valence-corrected chi connectivity index (χ1v) is 10.3. The Balaban J connectivity index is 1.44. The van der Waals surface area contributed by atoms with Crippen molar-refractivity contribution in [3.05, 3.63) is 65.2 Å². The summed E-state index contributed by atoms with van der Waals surface area (Å²) in [6.07, 6.45) is 1.01. The van der Waals surface area contributed by atoms with Crippen LogP contribution in [0.5, 0.6) is 0 Å². The van der Waals surface area contributed by atoms with E-state index in [-0.39, 0.29) is 16.7 Å². The summed E-state index contributed by atoms with van der Waals surface area (Å²) >= 11 is 0. The summed E-state index contributed by atoms with van der Waals surface area (Å²) in [6, 6.07) is 15.0. The van der Waals surface area contributed by atoms with Crippen LogP contribution >= 0.6 is 0 Å². The quantitative estimate of drug-likeness (QED) is 0.775. The predicted molar refractivity (Wildman–Crippen MR) is 99.5 cm³/mol. The zero-order valence-electron chi connectivity index (χ0n) is 14.8. The van der Waals surface area contributed by atoms with E-state index in [0.29, 0.717) is 18.7 Å². The normalized spacial score (nSPS) is 19.0. The highest BCUT2D eigenvalue weighted by atomic mass is 32.2. The van der Waals surface area contributed by atoms with Gasteiger partial charge in [0.15, 0.2) is 5.78 Å². The monoisotopic (exact) mass is 370 g/mol.